The van der Waals surface area contributed by atoms with Gasteiger partial charge < -0.3 is 0 Å². The second-order valence-corrected chi connectivity index (χ2v) is 5.89. The van der Waals surface area contributed by atoms with Crippen molar-refractivity contribution < 1.29 is 0 Å². The van der Waals surface area contributed by atoms with Crippen molar-refractivity contribution in [3.8, 4) is 28.5 Å². The zero-order valence-corrected chi connectivity index (χ0v) is 13.8. The van der Waals surface area contributed by atoms with Gasteiger partial charge in [-0.1, -0.05) is 54.1 Å². The SMILES string of the molecule is N#Cc1c(-c2ccccc2)cc(-c2ccc(Cl)cc2)nc1Br. The van der Waals surface area contributed by atoms with E-state index < -0.39 is 0 Å². The molecule has 0 unspecified atom stereocenters. The van der Waals surface area contributed by atoms with Crippen LogP contribution in [0.1, 0.15) is 5.56 Å². The highest BCUT2D eigenvalue weighted by Crippen LogP contribution is 2.32. The number of pyridine rings is 1. The molecule has 106 valence electrons. The lowest BCUT2D eigenvalue weighted by Gasteiger charge is -2.09. The van der Waals surface area contributed by atoms with Crippen LogP contribution in [0.25, 0.3) is 22.4 Å². The first kappa shape index (κ1) is 14.8. The van der Waals surface area contributed by atoms with E-state index in [0.717, 1.165) is 22.4 Å². The van der Waals surface area contributed by atoms with Crippen LogP contribution in [0, 0.1) is 11.3 Å². The third kappa shape index (κ3) is 2.89. The fourth-order valence-corrected chi connectivity index (χ4v) is 2.85. The van der Waals surface area contributed by atoms with Crippen LogP contribution in [0.3, 0.4) is 0 Å². The van der Waals surface area contributed by atoms with Gasteiger partial charge in [-0.15, -0.1) is 0 Å². The van der Waals surface area contributed by atoms with Crippen LogP contribution >= 0.6 is 27.5 Å². The maximum atomic E-state index is 9.42. The van der Waals surface area contributed by atoms with E-state index in [9.17, 15) is 5.26 Å². The second kappa shape index (κ2) is 6.31. The quantitative estimate of drug-likeness (QED) is 0.543. The van der Waals surface area contributed by atoms with Gasteiger partial charge in [0.2, 0.25) is 0 Å². The first-order chi connectivity index (χ1) is 10.7. The molecule has 1 aromatic heterocycles. The molecular formula is C18H10BrClN2. The molecule has 0 saturated heterocycles. The van der Waals surface area contributed by atoms with E-state index in [1.807, 2.05) is 60.7 Å². The number of nitriles is 1. The number of benzene rings is 2. The largest absolute Gasteiger partial charge is 0.239 e. The van der Waals surface area contributed by atoms with Crippen molar-refractivity contribution in [2.45, 2.75) is 0 Å². The molecule has 0 fully saturated rings. The second-order valence-electron chi connectivity index (χ2n) is 4.71. The molecule has 1 heterocycles. The van der Waals surface area contributed by atoms with Crippen molar-refractivity contribution in [3.63, 3.8) is 0 Å². The van der Waals surface area contributed by atoms with Gasteiger partial charge in [0.25, 0.3) is 0 Å². The molecule has 0 aliphatic rings. The van der Waals surface area contributed by atoms with Crippen LogP contribution in [-0.2, 0) is 0 Å². The summed E-state index contributed by atoms with van der Waals surface area (Å²) in [6, 6.07) is 21.4. The van der Waals surface area contributed by atoms with E-state index in [0.29, 0.717) is 15.2 Å². The molecule has 0 saturated carbocycles. The van der Waals surface area contributed by atoms with Crippen LogP contribution in [0.2, 0.25) is 5.02 Å². The van der Waals surface area contributed by atoms with Gasteiger partial charge in [0, 0.05) is 16.1 Å². The van der Waals surface area contributed by atoms with Crippen molar-refractivity contribution in [3.05, 3.63) is 75.9 Å². The fraction of sp³-hybridized carbons (Fsp3) is 0. The van der Waals surface area contributed by atoms with Crippen LogP contribution in [0.15, 0.2) is 65.3 Å². The van der Waals surface area contributed by atoms with Gasteiger partial charge in [0.1, 0.15) is 10.7 Å². The number of halogens is 2. The molecular weight excluding hydrogens is 360 g/mol. The standard InChI is InChI=1S/C18H10BrClN2/c19-18-16(11-21)15(12-4-2-1-3-5-12)10-17(22-18)13-6-8-14(20)9-7-13/h1-10H. The van der Waals surface area contributed by atoms with Gasteiger partial charge in [-0.25, -0.2) is 4.98 Å². The number of rotatable bonds is 2. The minimum absolute atomic E-state index is 0.531. The van der Waals surface area contributed by atoms with Crippen molar-refractivity contribution >= 4 is 27.5 Å². The molecule has 0 radical (unpaired) electrons. The van der Waals surface area contributed by atoms with E-state index in [2.05, 4.69) is 27.0 Å². The van der Waals surface area contributed by atoms with Crippen LogP contribution in [0.4, 0.5) is 0 Å². The van der Waals surface area contributed by atoms with Gasteiger partial charge in [-0.2, -0.15) is 5.26 Å². The molecule has 3 aromatic rings. The van der Waals surface area contributed by atoms with E-state index in [-0.39, 0.29) is 0 Å². The van der Waals surface area contributed by atoms with Crippen molar-refractivity contribution in [2.75, 3.05) is 0 Å². The van der Waals surface area contributed by atoms with Gasteiger partial charge in [-0.3, -0.25) is 0 Å². The minimum atomic E-state index is 0.531. The van der Waals surface area contributed by atoms with Gasteiger partial charge in [0.15, 0.2) is 0 Å². The van der Waals surface area contributed by atoms with Crippen molar-refractivity contribution in [2.24, 2.45) is 0 Å². The Balaban J connectivity index is 2.21. The van der Waals surface area contributed by atoms with Crippen LogP contribution < -0.4 is 0 Å². The summed E-state index contributed by atoms with van der Waals surface area (Å²) >= 11 is 9.34. The molecule has 3 rings (SSSR count). The highest BCUT2D eigenvalue weighted by Gasteiger charge is 2.13. The number of nitrogens with zero attached hydrogens (tertiary/aromatic N) is 2. The molecule has 22 heavy (non-hydrogen) atoms. The summed E-state index contributed by atoms with van der Waals surface area (Å²) in [5.74, 6) is 0. The summed E-state index contributed by atoms with van der Waals surface area (Å²) in [4.78, 5) is 4.48. The molecule has 0 aliphatic carbocycles. The summed E-state index contributed by atoms with van der Waals surface area (Å²) in [5, 5.41) is 10.1. The smallest absolute Gasteiger partial charge is 0.125 e. The lowest BCUT2D eigenvalue weighted by molar-refractivity contribution is 1.25. The van der Waals surface area contributed by atoms with Crippen LogP contribution in [-0.4, -0.2) is 4.98 Å². The summed E-state index contributed by atoms with van der Waals surface area (Å²) in [6.07, 6.45) is 0. The van der Waals surface area contributed by atoms with E-state index >= 15 is 0 Å². The fourth-order valence-electron chi connectivity index (χ4n) is 2.23. The molecule has 0 bridgehead atoms. The van der Waals surface area contributed by atoms with Gasteiger partial charge in [0.05, 0.1) is 11.3 Å². The molecule has 0 N–H and O–H groups in total. The summed E-state index contributed by atoms with van der Waals surface area (Å²) in [5.41, 5.74) is 4.12. The Labute approximate surface area is 142 Å². The highest BCUT2D eigenvalue weighted by atomic mass is 79.9. The predicted molar refractivity (Wildman–Crippen MR) is 92.5 cm³/mol. The maximum Gasteiger partial charge on any atom is 0.125 e. The van der Waals surface area contributed by atoms with Gasteiger partial charge >= 0.3 is 0 Å². The monoisotopic (exact) mass is 368 g/mol. The topological polar surface area (TPSA) is 36.7 Å². The normalized spacial score (nSPS) is 10.2. The number of hydrogen-bond donors (Lipinski definition) is 0. The molecule has 2 nitrogen and oxygen atoms in total. The molecule has 0 spiro atoms. The minimum Gasteiger partial charge on any atom is -0.239 e. The van der Waals surface area contributed by atoms with Crippen molar-refractivity contribution in [1.82, 2.24) is 4.98 Å². The lowest BCUT2D eigenvalue weighted by atomic mass is 9.99. The Morgan fingerprint density at radius 1 is 0.955 bits per heavy atom. The van der Waals surface area contributed by atoms with Gasteiger partial charge in [-0.05, 0) is 39.7 Å². The summed E-state index contributed by atoms with van der Waals surface area (Å²) in [7, 11) is 0. The Morgan fingerprint density at radius 3 is 2.27 bits per heavy atom. The maximum absolute atomic E-state index is 9.42. The van der Waals surface area contributed by atoms with Crippen LogP contribution in [0.5, 0.6) is 0 Å². The average molecular weight is 370 g/mol. The predicted octanol–water partition coefficient (Wildman–Crippen LogP) is 5.70. The Morgan fingerprint density at radius 2 is 1.64 bits per heavy atom. The lowest BCUT2D eigenvalue weighted by Crippen LogP contribution is -1.93. The highest BCUT2D eigenvalue weighted by molar-refractivity contribution is 9.10. The van der Waals surface area contributed by atoms with E-state index in [1.54, 1.807) is 0 Å². The molecule has 2 aromatic carbocycles. The molecule has 0 amide bonds. The Hall–Kier alpha value is -2.15. The van der Waals surface area contributed by atoms with Crippen molar-refractivity contribution in [1.29, 1.82) is 5.26 Å². The average Bonchev–Trinajstić information content (AvgIpc) is 2.55. The first-order valence-corrected chi connectivity index (χ1v) is 7.78. The van der Waals surface area contributed by atoms with E-state index in [4.69, 9.17) is 11.6 Å². The third-order valence-electron chi connectivity index (χ3n) is 3.31. The van der Waals surface area contributed by atoms with E-state index in [1.165, 1.54) is 0 Å². The zero-order chi connectivity index (χ0) is 15.5. The first-order valence-electron chi connectivity index (χ1n) is 6.61. The number of hydrogen-bond acceptors (Lipinski definition) is 2. The summed E-state index contributed by atoms with van der Waals surface area (Å²) < 4.78 is 0.543. The number of aromatic nitrogens is 1. The molecule has 4 heteroatoms. The molecule has 0 aliphatic heterocycles. The Bertz CT molecular complexity index is 853. The Kier molecular flexibility index (Phi) is 4.24. The zero-order valence-electron chi connectivity index (χ0n) is 11.4. The molecule has 0 atom stereocenters. The summed E-state index contributed by atoms with van der Waals surface area (Å²) in [6.45, 7) is 0. The third-order valence-corrected chi connectivity index (χ3v) is 4.14.